The Morgan fingerprint density at radius 3 is 2.00 bits per heavy atom. The van der Waals surface area contributed by atoms with Gasteiger partial charge >= 0.3 is 0 Å². The quantitative estimate of drug-likeness (QED) is 0.529. The summed E-state index contributed by atoms with van der Waals surface area (Å²) in [6.07, 6.45) is 0. The van der Waals surface area contributed by atoms with Gasteiger partial charge < -0.3 is 5.11 Å². The van der Waals surface area contributed by atoms with Crippen LogP contribution in [0.25, 0.3) is 0 Å². The summed E-state index contributed by atoms with van der Waals surface area (Å²) in [7, 11) is 0. The Hall–Kier alpha value is 0.690. The third kappa shape index (κ3) is 0.394. The minimum Gasteiger partial charge on any atom is -0.390 e. The van der Waals surface area contributed by atoms with Crippen LogP contribution >= 0.6 is 22.6 Å². The van der Waals surface area contributed by atoms with Crippen molar-refractivity contribution in [2.24, 2.45) is 47.3 Å². The van der Waals surface area contributed by atoms with Gasteiger partial charge in [0.15, 0.2) is 0 Å². The van der Waals surface area contributed by atoms with Gasteiger partial charge in [0.2, 0.25) is 0 Å². The molecule has 6 saturated carbocycles. The van der Waals surface area contributed by atoms with E-state index in [1.54, 1.807) is 0 Å². The highest BCUT2D eigenvalue weighted by atomic mass is 127. The highest BCUT2D eigenvalue weighted by Gasteiger charge is 2.91. The summed E-state index contributed by atoms with van der Waals surface area (Å²) in [6.45, 7) is 2.13. The fraction of sp³-hybridized carbons (Fsp3) is 1.00. The summed E-state index contributed by atoms with van der Waals surface area (Å²) in [4.78, 5) is 0. The Balaban J connectivity index is 1.83. The van der Waals surface area contributed by atoms with Gasteiger partial charge in [-0.1, -0.05) is 22.6 Å². The first-order valence-electron chi connectivity index (χ1n) is 5.52. The van der Waals surface area contributed by atoms with Gasteiger partial charge in [0.1, 0.15) is 0 Å². The van der Waals surface area contributed by atoms with E-state index in [9.17, 15) is 5.11 Å². The lowest BCUT2D eigenvalue weighted by atomic mass is 9.41. The van der Waals surface area contributed by atoms with Crippen LogP contribution in [-0.2, 0) is 0 Å². The van der Waals surface area contributed by atoms with Crippen LogP contribution in [-0.4, -0.2) is 14.6 Å². The molecule has 0 amide bonds. The maximum absolute atomic E-state index is 10.5. The number of halogens is 1. The fourth-order valence-electron chi connectivity index (χ4n) is 6.57. The molecule has 1 nitrogen and oxygen atoms in total. The Bertz CT molecular complexity index is 337. The SMILES string of the molecule is C[C@@]1(O)[C@@H]2[C@@H]3[C@H]4[C@H]5[C@H](I)[C@H]([C@@H]42)[C@@H]1[C@H]53. The first-order chi connectivity index (χ1) is 6.15. The van der Waals surface area contributed by atoms with E-state index in [2.05, 4.69) is 29.5 Å². The van der Waals surface area contributed by atoms with Gasteiger partial charge in [-0.3, -0.25) is 0 Å². The molecule has 0 aromatic heterocycles. The van der Waals surface area contributed by atoms with Crippen LogP contribution in [0, 0.1) is 47.3 Å². The molecule has 10 atom stereocenters. The van der Waals surface area contributed by atoms with E-state index in [4.69, 9.17) is 0 Å². The van der Waals surface area contributed by atoms with Gasteiger partial charge in [-0.05, 0) is 54.3 Å². The van der Waals surface area contributed by atoms with Crippen molar-refractivity contribution in [1.29, 1.82) is 0 Å². The van der Waals surface area contributed by atoms with Gasteiger partial charge in [-0.15, -0.1) is 0 Å². The highest BCUT2D eigenvalue weighted by Crippen LogP contribution is 2.91. The van der Waals surface area contributed by atoms with Gasteiger partial charge in [-0.25, -0.2) is 0 Å². The van der Waals surface area contributed by atoms with Crippen molar-refractivity contribution in [1.82, 2.24) is 0 Å². The van der Waals surface area contributed by atoms with Crippen LogP contribution in [0.15, 0.2) is 0 Å². The van der Waals surface area contributed by atoms with E-state index in [0.29, 0.717) is 5.92 Å². The maximum Gasteiger partial charge on any atom is 0.0687 e. The predicted octanol–water partition coefficient (Wildman–Crippen LogP) is 1.54. The molecule has 4 bridgehead atoms. The number of alkyl halides is 1. The summed E-state index contributed by atoms with van der Waals surface area (Å²) < 4.78 is 0.929. The van der Waals surface area contributed by atoms with Crippen LogP contribution < -0.4 is 0 Å². The Morgan fingerprint density at radius 2 is 1.46 bits per heavy atom. The zero-order valence-electron chi connectivity index (χ0n) is 7.52. The van der Waals surface area contributed by atoms with Crippen LogP contribution in [0.5, 0.6) is 0 Å². The number of hydrogen-bond acceptors (Lipinski definition) is 1. The molecule has 0 aromatic rings. The number of hydrogen-bond donors (Lipinski definition) is 1. The third-order valence-corrected chi connectivity index (χ3v) is 8.07. The first kappa shape index (κ1) is 7.04. The molecule has 0 aliphatic heterocycles. The molecule has 0 heterocycles. The lowest BCUT2D eigenvalue weighted by Crippen LogP contribution is -2.61. The average Bonchev–Trinajstić information content (AvgIpc) is 2.42. The Labute approximate surface area is 91.4 Å². The average molecular weight is 288 g/mol. The minimum atomic E-state index is -0.254. The second-order valence-electron chi connectivity index (χ2n) is 6.19. The second kappa shape index (κ2) is 1.53. The van der Waals surface area contributed by atoms with E-state index in [1.807, 2.05) is 0 Å². The van der Waals surface area contributed by atoms with Crippen LogP contribution in [0.1, 0.15) is 6.92 Å². The Kier molecular flexibility index (Phi) is 0.828. The zero-order valence-corrected chi connectivity index (χ0v) is 9.68. The van der Waals surface area contributed by atoms with E-state index >= 15 is 0 Å². The highest BCUT2D eigenvalue weighted by molar-refractivity contribution is 14.1. The fourth-order valence-corrected chi connectivity index (χ4v) is 8.45. The number of rotatable bonds is 0. The zero-order chi connectivity index (χ0) is 8.70. The normalized spacial score (nSPS) is 90.2. The summed E-state index contributed by atoms with van der Waals surface area (Å²) in [5, 5.41) is 10.5. The van der Waals surface area contributed by atoms with Crippen molar-refractivity contribution in [2.45, 2.75) is 16.4 Å². The molecule has 6 aliphatic rings. The summed E-state index contributed by atoms with van der Waals surface area (Å²) >= 11 is 2.68. The number of aliphatic hydroxyl groups is 1. The first-order valence-corrected chi connectivity index (χ1v) is 6.76. The van der Waals surface area contributed by atoms with E-state index in [1.165, 1.54) is 0 Å². The molecule has 6 rings (SSSR count). The smallest absolute Gasteiger partial charge is 0.0687 e. The molecule has 13 heavy (non-hydrogen) atoms. The summed E-state index contributed by atoms with van der Waals surface area (Å²) in [5.74, 6) is 7.38. The van der Waals surface area contributed by atoms with Crippen molar-refractivity contribution in [3.63, 3.8) is 0 Å². The molecule has 6 aliphatic carbocycles. The monoisotopic (exact) mass is 288 g/mol. The van der Waals surface area contributed by atoms with Gasteiger partial charge in [0.05, 0.1) is 5.60 Å². The van der Waals surface area contributed by atoms with Crippen LogP contribution in [0.2, 0.25) is 0 Å². The minimum absolute atomic E-state index is 0.254. The third-order valence-electron chi connectivity index (χ3n) is 6.41. The Morgan fingerprint density at radius 1 is 0.923 bits per heavy atom. The van der Waals surface area contributed by atoms with E-state index in [-0.39, 0.29) is 5.60 Å². The van der Waals surface area contributed by atoms with Gasteiger partial charge in [-0.2, -0.15) is 0 Å². The van der Waals surface area contributed by atoms with Crippen LogP contribution in [0.4, 0.5) is 0 Å². The largest absolute Gasteiger partial charge is 0.390 e. The van der Waals surface area contributed by atoms with Crippen molar-refractivity contribution in [3.05, 3.63) is 0 Å². The standard InChI is InChI=1S/C11H13IO/c1-11(13)8-3-2-4(8)7-9(11)5(3)6(2)10(7)12/h2-10,13H,1H3/t2-,3-,4-,5+,6-,7-,8-,9+,10+,11-/m1/s1. The van der Waals surface area contributed by atoms with Crippen molar-refractivity contribution in [2.75, 3.05) is 0 Å². The van der Waals surface area contributed by atoms with Gasteiger partial charge in [0, 0.05) is 3.92 Å². The van der Waals surface area contributed by atoms with Crippen LogP contribution in [0.3, 0.4) is 0 Å². The lowest BCUT2D eigenvalue weighted by Gasteiger charge is -2.63. The molecule has 0 radical (unpaired) electrons. The molecule has 0 aromatic carbocycles. The molecule has 0 saturated heterocycles. The predicted molar refractivity (Wildman–Crippen MR) is 56.4 cm³/mol. The lowest BCUT2D eigenvalue weighted by molar-refractivity contribution is -0.177. The van der Waals surface area contributed by atoms with Crippen molar-refractivity contribution in [3.8, 4) is 0 Å². The molecule has 6 fully saturated rings. The van der Waals surface area contributed by atoms with Crippen molar-refractivity contribution >= 4 is 22.6 Å². The van der Waals surface area contributed by atoms with E-state index in [0.717, 1.165) is 45.3 Å². The summed E-state index contributed by atoms with van der Waals surface area (Å²) in [6, 6.07) is 0. The molecular formula is C11H13IO. The molecule has 1 N–H and O–H groups in total. The second-order valence-corrected chi connectivity index (χ2v) is 7.62. The molecule has 0 unspecified atom stereocenters. The van der Waals surface area contributed by atoms with E-state index < -0.39 is 0 Å². The maximum atomic E-state index is 10.5. The molecule has 0 spiro atoms. The molecule has 2 heteroatoms. The summed E-state index contributed by atoms with van der Waals surface area (Å²) in [5.41, 5.74) is -0.254. The molecule has 70 valence electrons. The topological polar surface area (TPSA) is 20.2 Å². The molecular weight excluding hydrogens is 275 g/mol. The van der Waals surface area contributed by atoms with Crippen molar-refractivity contribution < 1.29 is 5.11 Å². The van der Waals surface area contributed by atoms with Gasteiger partial charge in [0.25, 0.3) is 0 Å².